The number of rotatable bonds is 8. The molecule has 1 aromatic rings. The quantitative estimate of drug-likeness (QED) is 0.321. The number of nitro benzene ring substituents is 1. The molecule has 0 aromatic heterocycles. The van der Waals surface area contributed by atoms with Crippen LogP contribution in [0.1, 0.15) is 13.8 Å². The molecule has 0 bridgehead atoms. The number of nitro groups is 1. The monoisotopic (exact) mass is 352 g/mol. The third-order valence-electron chi connectivity index (χ3n) is 3.72. The van der Waals surface area contributed by atoms with Gasteiger partial charge in [0.25, 0.3) is 11.6 Å². The lowest BCUT2D eigenvalue weighted by atomic mass is 10.0. The standard InChI is InChI=1S/C16H20N2O7/c1-9(2)13(16(20)23-3)17-15(19)14-12(25-14)8-24-11-6-4-10(5-7-11)18(21)22/h4-7,9,12-14H,8H2,1-3H3,(H,17,19)/t12-,13+,14-/m1/s1. The van der Waals surface area contributed by atoms with Crippen LogP contribution in [-0.4, -0.2) is 48.8 Å². The maximum absolute atomic E-state index is 12.1. The Labute approximate surface area is 144 Å². The molecular formula is C16H20N2O7. The van der Waals surface area contributed by atoms with E-state index in [1.165, 1.54) is 31.4 Å². The zero-order valence-corrected chi connectivity index (χ0v) is 14.1. The number of nitrogens with zero attached hydrogens (tertiary/aromatic N) is 1. The Morgan fingerprint density at radius 1 is 1.32 bits per heavy atom. The van der Waals surface area contributed by atoms with Gasteiger partial charge in [0.05, 0.1) is 12.0 Å². The largest absolute Gasteiger partial charge is 0.491 e. The van der Waals surface area contributed by atoms with Gasteiger partial charge in [0.2, 0.25) is 0 Å². The lowest BCUT2D eigenvalue weighted by Gasteiger charge is -2.19. The highest BCUT2D eigenvalue weighted by atomic mass is 16.6. The van der Waals surface area contributed by atoms with Crippen molar-refractivity contribution in [3.63, 3.8) is 0 Å². The van der Waals surface area contributed by atoms with Crippen LogP contribution < -0.4 is 10.1 Å². The topological polar surface area (TPSA) is 120 Å². The Morgan fingerprint density at radius 2 is 1.96 bits per heavy atom. The summed E-state index contributed by atoms with van der Waals surface area (Å²) in [6.45, 7) is 3.72. The summed E-state index contributed by atoms with van der Waals surface area (Å²) in [6.07, 6.45) is -1.12. The maximum Gasteiger partial charge on any atom is 0.328 e. The average molecular weight is 352 g/mol. The highest BCUT2D eigenvalue weighted by molar-refractivity contribution is 5.88. The average Bonchev–Trinajstić information content (AvgIpc) is 3.36. The van der Waals surface area contributed by atoms with Crippen molar-refractivity contribution in [2.24, 2.45) is 5.92 Å². The fraction of sp³-hybridized carbons (Fsp3) is 0.500. The first-order valence-corrected chi connectivity index (χ1v) is 7.74. The van der Waals surface area contributed by atoms with Crippen LogP contribution in [-0.2, 0) is 19.1 Å². The first-order valence-electron chi connectivity index (χ1n) is 7.74. The fourth-order valence-corrected chi connectivity index (χ4v) is 2.20. The van der Waals surface area contributed by atoms with Gasteiger partial charge in [-0.3, -0.25) is 14.9 Å². The van der Waals surface area contributed by atoms with E-state index >= 15 is 0 Å². The van der Waals surface area contributed by atoms with Crippen molar-refractivity contribution in [3.05, 3.63) is 34.4 Å². The van der Waals surface area contributed by atoms with Gasteiger partial charge in [-0.2, -0.15) is 0 Å². The minimum Gasteiger partial charge on any atom is -0.491 e. The normalized spacial score (nSPS) is 19.8. The van der Waals surface area contributed by atoms with Crippen molar-refractivity contribution in [1.82, 2.24) is 5.32 Å². The molecule has 0 saturated carbocycles. The molecule has 0 spiro atoms. The number of non-ortho nitro benzene ring substituents is 1. The number of methoxy groups -OCH3 is 1. The van der Waals surface area contributed by atoms with Gasteiger partial charge in [-0.25, -0.2) is 4.79 Å². The van der Waals surface area contributed by atoms with Crippen molar-refractivity contribution < 1.29 is 28.7 Å². The number of benzene rings is 1. The SMILES string of the molecule is COC(=O)[C@@H](NC(=O)[C@@H]1O[C@@H]1COc1ccc([N+](=O)[O-])cc1)C(C)C. The molecule has 136 valence electrons. The third kappa shape index (κ3) is 4.90. The Morgan fingerprint density at radius 3 is 2.48 bits per heavy atom. The summed E-state index contributed by atoms with van der Waals surface area (Å²) < 4.78 is 15.4. The van der Waals surface area contributed by atoms with Gasteiger partial charge in [0, 0.05) is 12.1 Å². The minimum atomic E-state index is -0.738. The molecule has 1 heterocycles. The number of carbonyl (C=O) groups excluding carboxylic acids is 2. The number of epoxide rings is 1. The number of nitrogens with one attached hydrogen (secondary N) is 1. The van der Waals surface area contributed by atoms with E-state index in [0.717, 1.165) is 0 Å². The van der Waals surface area contributed by atoms with Gasteiger partial charge in [0.15, 0.2) is 6.10 Å². The molecule has 1 amide bonds. The van der Waals surface area contributed by atoms with Gasteiger partial charge in [-0.15, -0.1) is 0 Å². The zero-order chi connectivity index (χ0) is 18.6. The van der Waals surface area contributed by atoms with Crippen molar-refractivity contribution in [2.45, 2.75) is 32.1 Å². The van der Waals surface area contributed by atoms with E-state index in [1.807, 2.05) is 0 Å². The van der Waals surface area contributed by atoms with Gasteiger partial charge < -0.3 is 19.5 Å². The lowest BCUT2D eigenvalue weighted by Crippen LogP contribution is -2.47. The summed E-state index contributed by atoms with van der Waals surface area (Å²) in [5, 5.41) is 13.2. The smallest absolute Gasteiger partial charge is 0.328 e. The van der Waals surface area contributed by atoms with E-state index in [0.29, 0.717) is 5.75 Å². The second-order valence-corrected chi connectivity index (χ2v) is 5.91. The van der Waals surface area contributed by atoms with Crippen molar-refractivity contribution in [2.75, 3.05) is 13.7 Å². The number of carbonyl (C=O) groups is 2. The summed E-state index contributed by atoms with van der Waals surface area (Å²) in [4.78, 5) is 33.8. The van der Waals surface area contributed by atoms with E-state index in [2.05, 4.69) is 10.1 Å². The van der Waals surface area contributed by atoms with E-state index < -0.39 is 35.0 Å². The molecule has 9 nitrogen and oxygen atoms in total. The molecule has 1 aliphatic rings. The van der Waals surface area contributed by atoms with Crippen LogP contribution in [0, 0.1) is 16.0 Å². The summed E-state index contributed by atoms with van der Waals surface area (Å²) >= 11 is 0. The van der Waals surface area contributed by atoms with Gasteiger partial charge in [0.1, 0.15) is 24.5 Å². The van der Waals surface area contributed by atoms with Crippen LogP contribution in [0.5, 0.6) is 5.75 Å². The van der Waals surface area contributed by atoms with Gasteiger partial charge in [-0.05, 0) is 18.1 Å². The molecule has 1 saturated heterocycles. The number of amides is 1. The van der Waals surface area contributed by atoms with Crippen molar-refractivity contribution in [3.8, 4) is 5.75 Å². The molecule has 1 N–H and O–H groups in total. The zero-order valence-electron chi connectivity index (χ0n) is 14.1. The third-order valence-corrected chi connectivity index (χ3v) is 3.72. The molecule has 0 radical (unpaired) electrons. The summed E-state index contributed by atoms with van der Waals surface area (Å²) in [5.41, 5.74) is -0.0326. The van der Waals surface area contributed by atoms with Crippen LogP contribution >= 0.6 is 0 Å². The van der Waals surface area contributed by atoms with Crippen LogP contribution in [0.15, 0.2) is 24.3 Å². The van der Waals surface area contributed by atoms with E-state index in [9.17, 15) is 19.7 Å². The summed E-state index contributed by atoms with van der Waals surface area (Å²) in [6, 6.07) is 4.87. The first-order chi connectivity index (χ1) is 11.8. The molecule has 3 atom stereocenters. The Kier molecular flexibility index (Phi) is 5.92. The predicted molar refractivity (Wildman–Crippen MR) is 86.0 cm³/mol. The Balaban J connectivity index is 1.80. The second-order valence-electron chi connectivity index (χ2n) is 5.91. The van der Waals surface area contributed by atoms with Crippen LogP contribution in [0.2, 0.25) is 0 Å². The van der Waals surface area contributed by atoms with E-state index in [4.69, 9.17) is 9.47 Å². The molecule has 0 aliphatic carbocycles. The highest BCUT2D eigenvalue weighted by Gasteiger charge is 2.46. The van der Waals surface area contributed by atoms with Crippen LogP contribution in [0.4, 0.5) is 5.69 Å². The molecule has 0 unspecified atom stereocenters. The summed E-state index contributed by atoms with van der Waals surface area (Å²) in [7, 11) is 1.26. The predicted octanol–water partition coefficient (Wildman–Crippen LogP) is 1.05. The molecule has 9 heteroatoms. The number of ether oxygens (including phenoxy) is 3. The molecule has 25 heavy (non-hydrogen) atoms. The lowest BCUT2D eigenvalue weighted by molar-refractivity contribution is -0.384. The molecular weight excluding hydrogens is 332 g/mol. The van der Waals surface area contributed by atoms with E-state index in [-0.39, 0.29) is 18.2 Å². The molecule has 2 rings (SSSR count). The van der Waals surface area contributed by atoms with Gasteiger partial charge in [-0.1, -0.05) is 13.8 Å². The summed E-state index contributed by atoms with van der Waals surface area (Å²) in [5.74, 6) is -0.594. The van der Waals surface area contributed by atoms with Crippen molar-refractivity contribution >= 4 is 17.6 Å². The Bertz CT molecular complexity index is 644. The molecule has 1 aliphatic heterocycles. The fourth-order valence-electron chi connectivity index (χ4n) is 2.20. The van der Waals surface area contributed by atoms with E-state index in [1.54, 1.807) is 13.8 Å². The Hall–Kier alpha value is -2.68. The van der Waals surface area contributed by atoms with Gasteiger partial charge >= 0.3 is 5.97 Å². The van der Waals surface area contributed by atoms with Crippen LogP contribution in [0.3, 0.4) is 0 Å². The maximum atomic E-state index is 12.1. The molecule has 1 fully saturated rings. The van der Waals surface area contributed by atoms with Crippen LogP contribution in [0.25, 0.3) is 0 Å². The number of esters is 1. The number of hydrogen-bond donors (Lipinski definition) is 1. The highest BCUT2D eigenvalue weighted by Crippen LogP contribution is 2.25. The number of hydrogen-bond acceptors (Lipinski definition) is 7. The minimum absolute atomic E-state index is 0.0326. The first kappa shape index (κ1) is 18.7. The second kappa shape index (κ2) is 7.93. The molecule has 1 aromatic carbocycles. The van der Waals surface area contributed by atoms with Crippen molar-refractivity contribution in [1.29, 1.82) is 0 Å².